The van der Waals surface area contributed by atoms with Gasteiger partial charge in [0.1, 0.15) is 27.7 Å². The molecule has 0 saturated carbocycles. The number of nitrogens with one attached hydrogen (secondary N) is 2. The number of aliphatic imine (C=N–C) groups is 1. The Bertz CT molecular complexity index is 1820. The number of rotatable bonds is 9. The van der Waals surface area contributed by atoms with E-state index in [0.29, 0.717) is 22.1 Å². The molecule has 0 bridgehead atoms. The zero-order chi connectivity index (χ0) is 32.7. The molecule has 2 aromatic heterocycles. The maximum absolute atomic E-state index is 13.3. The van der Waals surface area contributed by atoms with Gasteiger partial charge in [0.15, 0.2) is 16.7 Å². The van der Waals surface area contributed by atoms with Crippen LogP contribution in [0, 0.1) is 0 Å². The normalized spacial score (nSPS) is 20.7. The van der Waals surface area contributed by atoms with Crippen LogP contribution in [0.1, 0.15) is 22.3 Å². The van der Waals surface area contributed by atoms with Crippen LogP contribution in [0.15, 0.2) is 67.4 Å². The Labute approximate surface area is 275 Å². The average molecular weight is 704 g/mol. The second-order valence-electron chi connectivity index (χ2n) is 9.58. The van der Waals surface area contributed by atoms with Crippen molar-refractivity contribution in [2.75, 3.05) is 17.2 Å². The number of carbonyl (C=O) groups is 5. The largest absolute Gasteiger partial charge is 0.477 e. The molecule has 2 atom stereocenters. The summed E-state index contributed by atoms with van der Waals surface area (Å²) in [4.78, 5) is 77.5. The number of nitrogens with zero attached hydrogens (tertiary/aromatic N) is 6. The number of β-lactam (4-membered cyclic amide) rings is 1. The van der Waals surface area contributed by atoms with E-state index >= 15 is 0 Å². The summed E-state index contributed by atoms with van der Waals surface area (Å²) >= 11 is 4.65. The minimum atomic E-state index is -1.31. The quantitative estimate of drug-likeness (QED) is 0.108. The number of carbonyl (C=O) groups excluding carboxylic acids is 3. The summed E-state index contributed by atoms with van der Waals surface area (Å²) in [5.74, 6) is -2.89. The number of carboxylic acid groups (broad SMARTS) is 2. The fourth-order valence-corrected chi connectivity index (χ4v) is 8.25. The van der Waals surface area contributed by atoms with E-state index in [4.69, 9.17) is 10.6 Å². The third kappa shape index (κ3) is 5.97. The lowest BCUT2D eigenvalue weighted by molar-refractivity contribution is -0.150. The van der Waals surface area contributed by atoms with Crippen molar-refractivity contribution in [3.63, 3.8) is 0 Å². The Balaban J connectivity index is 1.16. The summed E-state index contributed by atoms with van der Waals surface area (Å²) in [6.07, 6.45) is 1.78. The van der Waals surface area contributed by atoms with Crippen molar-refractivity contribution >= 4 is 92.6 Å². The van der Waals surface area contributed by atoms with Crippen LogP contribution in [0.2, 0.25) is 0 Å². The van der Waals surface area contributed by atoms with Crippen LogP contribution in [0.5, 0.6) is 0 Å². The molecule has 0 aromatic carbocycles. The predicted molar refractivity (Wildman–Crippen MR) is 169 cm³/mol. The highest BCUT2D eigenvalue weighted by atomic mass is 32.2. The number of allylic oxidation sites excluding steroid dienone is 1. The summed E-state index contributed by atoms with van der Waals surface area (Å²) in [6.45, 7) is 1.74. The molecule has 17 nitrogen and oxygen atoms in total. The number of nitrogens with two attached hydrogens (primary N) is 1. The fraction of sp³-hybridized carbons (Fsp3) is 0.200. The smallest absolute Gasteiger partial charge is 0.427 e. The molecule has 46 heavy (non-hydrogen) atoms. The second kappa shape index (κ2) is 12.6. The lowest BCUT2D eigenvalue weighted by Crippen LogP contribution is -2.71. The topological polar surface area (TPSA) is 232 Å². The molecule has 4 aliphatic heterocycles. The minimum Gasteiger partial charge on any atom is -0.477 e. The van der Waals surface area contributed by atoms with Gasteiger partial charge in [0.05, 0.1) is 11.2 Å². The van der Waals surface area contributed by atoms with Gasteiger partial charge in [0.2, 0.25) is 0 Å². The van der Waals surface area contributed by atoms with Crippen LogP contribution in [-0.2, 0) is 19.2 Å². The highest BCUT2D eigenvalue weighted by molar-refractivity contribution is 8.03. The molecular formula is C25H21N9O8S4. The molecule has 4 aliphatic rings. The van der Waals surface area contributed by atoms with E-state index in [1.807, 2.05) is 0 Å². The van der Waals surface area contributed by atoms with Gasteiger partial charge in [-0.15, -0.1) is 51.7 Å². The van der Waals surface area contributed by atoms with E-state index in [9.17, 15) is 34.2 Å². The molecule has 1 fully saturated rings. The number of hydrogen-bond acceptors (Lipinski definition) is 16. The Morgan fingerprint density at radius 3 is 2.76 bits per heavy atom. The first-order chi connectivity index (χ1) is 22.0. The average Bonchev–Trinajstić information content (AvgIpc) is 3.79. The Hall–Kier alpha value is -4.70. The van der Waals surface area contributed by atoms with E-state index < -0.39 is 41.3 Å². The van der Waals surface area contributed by atoms with E-state index in [2.05, 4.69) is 26.0 Å². The van der Waals surface area contributed by atoms with E-state index in [1.165, 1.54) is 46.2 Å². The first-order valence-corrected chi connectivity index (χ1v) is 16.8. The minimum absolute atomic E-state index is 0.0265. The molecule has 0 radical (unpaired) electrons. The number of hydrazine groups is 2. The van der Waals surface area contributed by atoms with Gasteiger partial charge in [-0.25, -0.2) is 29.4 Å². The number of thiophene rings is 1. The highest BCUT2D eigenvalue weighted by Gasteiger charge is 2.54. The summed E-state index contributed by atoms with van der Waals surface area (Å²) in [5.41, 5.74) is 8.91. The van der Waals surface area contributed by atoms with Crippen molar-refractivity contribution in [2.24, 2.45) is 10.1 Å². The van der Waals surface area contributed by atoms with Gasteiger partial charge in [-0.1, -0.05) is 11.2 Å². The number of aliphatic carboxylic acids is 1. The molecule has 6 N–H and O–H groups in total. The number of carboxylic acids is 1. The maximum Gasteiger partial charge on any atom is 0.427 e. The molecule has 1 saturated heterocycles. The lowest BCUT2D eigenvalue weighted by Gasteiger charge is -2.49. The molecule has 2 aromatic rings. The number of amides is 3. The number of hydrogen-bond donors (Lipinski definition) is 5. The molecule has 0 spiro atoms. The highest BCUT2D eigenvalue weighted by Crippen LogP contribution is 2.42. The standard InChI is InChI=1S/C25H21N9O8S4/c1-10-5-15(34-14(27-10)6-32(31-34)25(40)41)44-7-11-8-45-21-17(20(36)33(21)18(11)22(37)38)29-19(35)16(12-9-46-24(26)28-12)30-42-23(39)13-3-2-4-43-13/h2-6,9,17,21,31H,7-8H2,1H3,(H2,26,28)(H,29,35)(H,37,38)(H,40,41)/b30-16-/t17-,21-/m1/s1. The maximum atomic E-state index is 13.3. The molecule has 3 amide bonds. The number of thioether (sulfide) groups is 2. The van der Waals surface area contributed by atoms with Crippen LogP contribution in [-0.4, -0.2) is 94.3 Å². The number of oxime groups is 1. The van der Waals surface area contributed by atoms with E-state index in [-0.39, 0.29) is 38.6 Å². The van der Waals surface area contributed by atoms with Gasteiger partial charge in [0, 0.05) is 22.6 Å². The Kier molecular flexibility index (Phi) is 8.57. The van der Waals surface area contributed by atoms with Crippen LogP contribution in [0.3, 0.4) is 0 Å². The van der Waals surface area contributed by atoms with Gasteiger partial charge in [-0.2, -0.15) is 5.01 Å². The van der Waals surface area contributed by atoms with Gasteiger partial charge in [0.25, 0.3) is 11.8 Å². The summed E-state index contributed by atoms with van der Waals surface area (Å²) < 4.78 is 0. The zero-order valence-electron chi connectivity index (χ0n) is 23.3. The Morgan fingerprint density at radius 2 is 2.09 bits per heavy atom. The van der Waals surface area contributed by atoms with Crippen molar-refractivity contribution < 1.29 is 39.0 Å². The van der Waals surface area contributed by atoms with E-state index in [0.717, 1.165) is 32.6 Å². The van der Waals surface area contributed by atoms with Gasteiger partial charge in [-0.3, -0.25) is 14.5 Å². The number of thiazole rings is 1. The second-order valence-corrected chi connectivity index (χ2v) is 13.5. The molecule has 6 rings (SSSR count). The van der Waals surface area contributed by atoms with Crippen LogP contribution in [0.4, 0.5) is 9.93 Å². The first kappa shape index (κ1) is 31.3. The Morgan fingerprint density at radius 1 is 1.28 bits per heavy atom. The van der Waals surface area contributed by atoms with Gasteiger partial charge < -0.3 is 26.1 Å². The van der Waals surface area contributed by atoms with Crippen molar-refractivity contribution in [1.82, 2.24) is 30.8 Å². The van der Waals surface area contributed by atoms with Crippen LogP contribution < -0.4 is 16.6 Å². The SMILES string of the molecule is CC1=NC2=CN(C(=O)O)NN2C(SCC2=C(C(=O)O)N3C(=O)[C@@H](NC(=O)/C(=N\OC(=O)c4cccs4)c4csc(N)n4)[C@H]3SC2)=C1. The molecule has 238 valence electrons. The number of anilines is 1. The van der Waals surface area contributed by atoms with Crippen molar-refractivity contribution in [3.8, 4) is 0 Å². The van der Waals surface area contributed by atoms with Crippen molar-refractivity contribution in [1.29, 1.82) is 0 Å². The first-order valence-electron chi connectivity index (χ1n) is 13.0. The van der Waals surface area contributed by atoms with Crippen molar-refractivity contribution in [2.45, 2.75) is 18.3 Å². The third-order valence-electron chi connectivity index (χ3n) is 6.58. The summed E-state index contributed by atoms with van der Waals surface area (Å²) in [6, 6.07) is 2.07. The fourth-order valence-electron chi connectivity index (χ4n) is 4.56. The predicted octanol–water partition coefficient (Wildman–Crippen LogP) is 1.65. The van der Waals surface area contributed by atoms with Gasteiger partial charge >= 0.3 is 18.0 Å². The lowest BCUT2D eigenvalue weighted by atomic mass is 10.0. The monoisotopic (exact) mass is 703 g/mol. The molecule has 21 heteroatoms. The molecular weight excluding hydrogens is 683 g/mol. The van der Waals surface area contributed by atoms with Crippen LogP contribution in [0.25, 0.3) is 0 Å². The molecule has 6 heterocycles. The summed E-state index contributed by atoms with van der Waals surface area (Å²) in [7, 11) is 0. The summed E-state index contributed by atoms with van der Waals surface area (Å²) in [5, 5.41) is 31.1. The zero-order valence-corrected chi connectivity index (χ0v) is 26.5. The number of aromatic nitrogens is 1. The number of fused-ring (bicyclic) bond motifs is 2. The van der Waals surface area contributed by atoms with Gasteiger partial charge in [-0.05, 0) is 30.0 Å². The number of nitrogen functional groups attached to an aromatic ring is 1. The van der Waals surface area contributed by atoms with E-state index in [1.54, 1.807) is 24.4 Å². The molecule has 0 aliphatic carbocycles. The van der Waals surface area contributed by atoms with Crippen LogP contribution >= 0.6 is 46.2 Å². The van der Waals surface area contributed by atoms with Crippen molar-refractivity contribution in [3.05, 3.63) is 67.9 Å². The molecule has 0 unspecified atom stereocenters. The third-order valence-corrected chi connectivity index (χ3v) is 10.5.